The van der Waals surface area contributed by atoms with E-state index in [1.165, 1.54) is 6.07 Å². The van der Waals surface area contributed by atoms with E-state index >= 15 is 0 Å². The highest BCUT2D eigenvalue weighted by Gasteiger charge is 2.44. The monoisotopic (exact) mass is 371 g/mol. The van der Waals surface area contributed by atoms with Crippen molar-refractivity contribution in [3.63, 3.8) is 0 Å². The molecule has 144 valence electrons. The predicted octanol–water partition coefficient (Wildman–Crippen LogP) is 3.24. The lowest BCUT2D eigenvalue weighted by Gasteiger charge is -2.20. The molecule has 1 saturated carbocycles. The minimum Gasteiger partial charge on any atom is -0.493 e. The maximum Gasteiger partial charge on any atom is 0.191 e. The van der Waals surface area contributed by atoms with Gasteiger partial charge in [0.2, 0.25) is 0 Å². The zero-order chi connectivity index (χ0) is 19.3. The summed E-state index contributed by atoms with van der Waals surface area (Å²) >= 11 is 0. The average Bonchev–Trinajstić information content (AvgIpc) is 3.49. The van der Waals surface area contributed by atoms with Crippen molar-refractivity contribution >= 4 is 5.96 Å². The maximum absolute atomic E-state index is 13.6. The third-order valence-electron chi connectivity index (χ3n) is 5.04. The first kappa shape index (κ1) is 19.0. The highest BCUT2D eigenvalue weighted by Crippen LogP contribution is 2.47. The standard InChI is InChI=1S/C21H26FN3O2/c1-23-20(24-13-15-6-4-9-18(26-2)19(15)27-3)25-14-21(10-11-21)16-7-5-8-17(22)12-16/h4-9,12H,10-11,13-14H2,1-3H3,(H2,23,24,25). The third-order valence-corrected chi connectivity index (χ3v) is 5.04. The molecular formula is C21H26FN3O2. The van der Waals surface area contributed by atoms with E-state index in [-0.39, 0.29) is 11.2 Å². The second-order valence-electron chi connectivity index (χ2n) is 6.72. The second kappa shape index (κ2) is 8.29. The topological polar surface area (TPSA) is 54.9 Å². The molecule has 0 radical (unpaired) electrons. The number of ether oxygens (including phenoxy) is 2. The third kappa shape index (κ3) is 4.32. The number of aliphatic imine (C=N–C) groups is 1. The van der Waals surface area contributed by atoms with E-state index < -0.39 is 0 Å². The van der Waals surface area contributed by atoms with E-state index in [9.17, 15) is 4.39 Å². The molecule has 1 aliphatic carbocycles. The molecule has 6 heteroatoms. The van der Waals surface area contributed by atoms with Gasteiger partial charge in [0.15, 0.2) is 17.5 Å². The fraction of sp³-hybridized carbons (Fsp3) is 0.381. The largest absolute Gasteiger partial charge is 0.493 e. The Bertz CT molecular complexity index is 819. The summed E-state index contributed by atoms with van der Waals surface area (Å²) < 4.78 is 24.4. The van der Waals surface area contributed by atoms with Crippen LogP contribution in [0, 0.1) is 5.82 Å². The molecule has 0 aromatic heterocycles. The molecule has 0 atom stereocenters. The zero-order valence-electron chi connectivity index (χ0n) is 16.0. The second-order valence-corrected chi connectivity index (χ2v) is 6.72. The van der Waals surface area contributed by atoms with E-state index in [1.807, 2.05) is 24.3 Å². The summed E-state index contributed by atoms with van der Waals surface area (Å²) in [6.45, 7) is 1.26. The number of nitrogens with one attached hydrogen (secondary N) is 2. The Morgan fingerprint density at radius 3 is 2.52 bits per heavy atom. The predicted molar refractivity (Wildman–Crippen MR) is 105 cm³/mol. The number of para-hydroxylation sites is 1. The summed E-state index contributed by atoms with van der Waals surface area (Å²) in [7, 11) is 4.99. The van der Waals surface area contributed by atoms with Crippen molar-refractivity contribution < 1.29 is 13.9 Å². The van der Waals surface area contributed by atoms with Crippen molar-refractivity contribution in [3.05, 3.63) is 59.4 Å². The first-order chi connectivity index (χ1) is 13.1. The summed E-state index contributed by atoms with van der Waals surface area (Å²) in [5, 5.41) is 6.68. The van der Waals surface area contributed by atoms with Crippen LogP contribution < -0.4 is 20.1 Å². The van der Waals surface area contributed by atoms with Crippen molar-refractivity contribution in [3.8, 4) is 11.5 Å². The molecule has 2 N–H and O–H groups in total. The van der Waals surface area contributed by atoms with Gasteiger partial charge in [-0.2, -0.15) is 0 Å². The average molecular weight is 371 g/mol. The van der Waals surface area contributed by atoms with Gasteiger partial charge in [-0.15, -0.1) is 0 Å². The van der Waals surface area contributed by atoms with Crippen LogP contribution in [0.15, 0.2) is 47.5 Å². The summed E-state index contributed by atoms with van der Waals surface area (Å²) in [6, 6.07) is 12.7. The van der Waals surface area contributed by atoms with Crippen LogP contribution in [-0.2, 0) is 12.0 Å². The molecule has 3 rings (SSSR count). The molecule has 1 aliphatic rings. The van der Waals surface area contributed by atoms with Gasteiger partial charge in [0.1, 0.15) is 5.82 Å². The molecule has 0 aliphatic heterocycles. The maximum atomic E-state index is 13.6. The number of hydrogen-bond donors (Lipinski definition) is 2. The quantitative estimate of drug-likeness (QED) is 0.580. The van der Waals surface area contributed by atoms with Crippen LogP contribution in [0.4, 0.5) is 4.39 Å². The van der Waals surface area contributed by atoms with Crippen LogP contribution in [0.5, 0.6) is 11.5 Å². The fourth-order valence-corrected chi connectivity index (χ4v) is 3.28. The molecule has 0 amide bonds. The molecule has 1 fully saturated rings. The van der Waals surface area contributed by atoms with Gasteiger partial charge in [-0.05, 0) is 36.6 Å². The summed E-state index contributed by atoms with van der Waals surface area (Å²) in [6.07, 6.45) is 2.09. The smallest absolute Gasteiger partial charge is 0.191 e. The van der Waals surface area contributed by atoms with Gasteiger partial charge in [0.25, 0.3) is 0 Å². The Labute approximate surface area is 159 Å². The van der Waals surface area contributed by atoms with Crippen LogP contribution in [0.2, 0.25) is 0 Å². The van der Waals surface area contributed by atoms with Crippen LogP contribution >= 0.6 is 0 Å². The molecule has 5 nitrogen and oxygen atoms in total. The van der Waals surface area contributed by atoms with Gasteiger partial charge in [-0.25, -0.2) is 4.39 Å². The first-order valence-electron chi connectivity index (χ1n) is 9.02. The van der Waals surface area contributed by atoms with Crippen LogP contribution in [0.1, 0.15) is 24.0 Å². The molecule has 2 aromatic rings. The molecule has 0 saturated heterocycles. The fourth-order valence-electron chi connectivity index (χ4n) is 3.28. The minimum absolute atomic E-state index is 0.00657. The lowest BCUT2D eigenvalue weighted by molar-refractivity contribution is 0.351. The number of guanidine groups is 1. The van der Waals surface area contributed by atoms with Gasteiger partial charge >= 0.3 is 0 Å². The highest BCUT2D eigenvalue weighted by atomic mass is 19.1. The van der Waals surface area contributed by atoms with Gasteiger partial charge in [-0.1, -0.05) is 24.3 Å². The van der Waals surface area contributed by atoms with Crippen LogP contribution in [0.3, 0.4) is 0 Å². The number of rotatable bonds is 7. The van der Waals surface area contributed by atoms with Crippen molar-refractivity contribution in [2.75, 3.05) is 27.8 Å². The summed E-state index contributed by atoms with van der Waals surface area (Å²) in [4.78, 5) is 4.29. The van der Waals surface area contributed by atoms with E-state index in [4.69, 9.17) is 9.47 Å². The Balaban J connectivity index is 1.61. The number of nitrogens with zero attached hydrogens (tertiary/aromatic N) is 1. The number of halogens is 1. The zero-order valence-corrected chi connectivity index (χ0v) is 16.0. The molecule has 0 heterocycles. The van der Waals surface area contributed by atoms with Crippen LogP contribution in [0.25, 0.3) is 0 Å². The first-order valence-corrected chi connectivity index (χ1v) is 9.02. The van der Waals surface area contributed by atoms with Gasteiger partial charge < -0.3 is 20.1 Å². The highest BCUT2D eigenvalue weighted by molar-refractivity contribution is 5.80. The Morgan fingerprint density at radius 1 is 1.11 bits per heavy atom. The summed E-state index contributed by atoms with van der Waals surface area (Å²) in [5.74, 6) is 1.91. The SMILES string of the molecule is CN=C(NCc1cccc(OC)c1OC)NCC1(c2cccc(F)c2)CC1. The van der Waals surface area contributed by atoms with Crippen molar-refractivity contribution in [2.24, 2.45) is 4.99 Å². The van der Waals surface area contributed by atoms with E-state index in [0.717, 1.165) is 24.0 Å². The number of hydrogen-bond acceptors (Lipinski definition) is 3. The minimum atomic E-state index is -0.189. The number of benzene rings is 2. The lowest BCUT2D eigenvalue weighted by atomic mass is 9.96. The lowest BCUT2D eigenvalue weighted by Crippen LogP contribution is -2.41. The van der Waals surface area contributed by atoms with E-state index in [2.05, 4.69) is 15.6 Å². The normalized spacial score (nSPS) is 15.2. The molecule has 0 spiro atoms. The molecule has 0 unspecified atom stereocenters. The number of methoxy groups -OCH3 is 2. The van der Waals surface area contributed by atoms with E-state index in [0.29, 0.717) is 30.5 Å². The summed E-state index contributed by atoms with van der Waals surface area (Å²) in [5.41, 5.74) is 2.01. The Kier molecular flexibility index (Phi) is 5.84. The van der Waals surface area contributed by atoms with Gasteiger partial charge in [0.05, 0.1) is 14.2 Å². The van der Waals surface area contributed by atoms with Crippen molar-refractivity contribution in [2.45, 2.75) is 24.8 Å². The molecule has 27 heavy (non-hydrogen) atoms. The molecule has 0 bridgehead atoms. The van der Waals surface area contributed by atoms with Crippen molar-refractivity contribution in [1.82, 2.24) is 10.6 Å². The Morgan fingerprint density at radius 2 is 1.89 bits per heavy atom. The van der Waals surface area contributed by atoms with Crippen molar-refractivity contribution in [1.29, 1.82) is 0 Å². The molecule has 2 aromatic carbocycles. The van der Waals surface area contributed by atoms with Crippen LogP contribution in [-0.4, -0.2) is 33.8 Å². The van der Waals surface area contributed by atoms with Gasteiger partial charge in [-0.3, -0.25) is 4.99 Å². The molecular weight excluding hydrogens is 345 g/mol. The van der Waals surface area contributed by atoms with E-state index in [1.54, 1.807) is 33.4 Å². The Hall–Kier alpha value is -2.76. The van der Waals surface area contributed by atoms with Gasteiger partial charge in [0, 0.05) is 31.1 Å².